The van der Waals surface area contributed by atoms with Gasteiger partial charge in [0.05, 0.1) is 16.2 Å². The van der Waals surface area contributed by atoms with Crippen molar-refractivity contribution in [3.05, 3.63) is 33.5 Å². The van der Waals surface area contributed by atoms with Crippen LogP contribution in [0.1, 0.15) is 12.5 Å². The third-order valence-electron chi connectivity index (χ3n) is 2.69. The molecule has 4 nitrogen and oxygen atoms in total. The molecule has 100 valence electrons. The minimum Gasteiger partial charge on any atom is -0.496 e. The Balaban J connectivity index is 2.49. The van der Waals surface area contributed by atoms with Gasteiger partial charge in [-0.2, -0.15) is 0 Å². The van der Waals surface area contributed by atoms with Gasteiger partial charge in [0, 0.05) is 12.7 Å². The summed E-state index contributed by atoms with van der Waals surface area (Å²) in [4.78, 5) is 8.95. The Bertz CT molecular complexity index is 587. The second-order valence-corrected chi connectivity index (χ2v) is 5.29. The molecule has 0 fully saturated rings. The number of methoxy groups -OCH3 is 1. The Morgan fingerprint density at radius 2 is 2.16 bits per heavy atom. The summed E-state index contributed by atoms with van der Waals surface area (Å²) in [5, 5.41) is 3.24. The monoisotopic (exact) mass is 369 g/mol. The van der Waals surface area contributed by atoms with Crippen LogP contribution in [-0.2, 0) is 0 Å². The summed E-state index contributed by atoms with van der Waals surface area (Å²) in [7, 11) is 1.66. The van der Waals surface area contributed by atoms with Crippen LogP contribution in [0.4, 0.5) is 5.82 Å². The van der Waals surface area contributed by atoms with Gasteiger partial charge >= 0.3 is 0 Å². The van der Waals surface area contributed by atoms with Crippen LogP contribution in [0.5, 0.6) is 5.75 Å². The van der Waals surface area contributed by atoms with Gasteiger partial charge in [-0.1, -0.05) is 6.07 Å². The summed E-state index contributed by atoms with van der Waals surface area (Å²) in [6.07, 6.45) is 1.82. The number of ether oxygens (including phenoxy) is 1. The average Bonchev–Trinajstić information content (AvgIpc) is 2.41. The fourth-order valence-electron chi connectivity index (χ4n) is 1.77. The largest absolute Gasteiger partial charge is 0.496 e. The zero-order valence-corrected chi connectivity index (χ0v) is 13.4. The van der Waals surface area contributed by atoms with Crippen molar-refractivity contribution in [3.8, 4) is 17.1 Å². The Morgan fingerprint density at radius 3 is 2.84 bits per heavy atom. The van der Waals surface area contributed by atoms with Crippen molar-refractivity contribution in [1.29, 1.82) is 0 Å². The molecular formula is C14H16IN3O. The van der Waals surface area contributed by atoms with E-state index in [0.717, 1.165) is 32.8 Å². The number of hydrogen-bond donors (Lipinski definition) is 1. The van der Waals surface area contributed by atoms with Crippen molar-refractivity contribution in [2.24, 2.45) is 0 Å². The highest BCUT2D eigenvalue weighted by Crippen LogP contribution is 2.29. The highest BCUT2D eigenvalue weighted by atomic mass is 127. The SMILES string of the molecule is CCNc1nc(-c2ccc(C)cc2OC)ncc1I. The molecule has 0 radical (unpaired) electrons. The molecule has 5 heteroatoms. The number of aromatic nitrogens is 2. The number of rotatable bonds is 4. The van der Waals surface area contributed by atoms with Crippen molar-refractivity contribution in [1.82, 2.24) is 9.97 Å². The van der Waals surface area contributed by atoms with E-state index in [-0.39, 0.29) is 0 Å². The maximum absolute atomic E-state index is 5.41. The summed E-state index contributed by atoms with van der Waals surface area (Å²) < 4.78 is 6.42. The van der Waals surface area contributed by atoms with E-state index in [2.05, 4.69) is 37.9 Å². The minimum absolute atomic E-state index is 0.674. The van der Waals surface area contributed by atoms with E-state index >= 15 is 0 Å². The molecule has 0 bridgehead atoms. The van der Waals surface area contributed by atoms with Crippen molar-refractivity contribution in [2.75, 3.05) is 19.0 Å². The van der Waals surface area contributed by atoms with Gasteiger partial charge in [-0.05, 0) is 54.1 Å². The highest BCUT2D eigenvalue weighted by Gasteiger charge is 2.11. The van der Waals surface area contributed by atoms with E-state index in [1.165, 1.54) is 0 Å². The maximum atomic E-state index is 5.41. The first kappa shape index (κ1) is 14.0. The molecule has 0 saturated heterocycles. The molecule has 1 heterocycles. The Morgan fingerprint density at radius 1 is 1.37 bits per heavy atom. The maximum Gasteiger partial charge on any atom is 0.165 e. The zero-order valence-electron chi connectivity index (χ0n) is 11.2. The molecule has 0 amide bonds. The molecule has 0 saturated carbocycles. The molecule has 1 N–H and O–H groups in total. The summed E-state index contributed by atoms with van der Waals surface area (Å²) in [5.74, 6) is 2.33. The van der Waals surface area contributed by atoms with Gasteiger partial charge in [-0.15, -0.1) is 0 Å². The van der Waals surface area contributed by atoms with Gasteiger partial charge in [0.2, 0.25) is 0 Å². The van der Waals surface area contributed by atoms with Crippen LogP contribution in [0, 0.1) is 10.5 Å². The number of anilines is 1. The molecule has 2 rings (SSSR count). The lowest BCUT2D eigenvalue weighted by atomic mass is 10.1. The average molecular weight is 369 g/mol. The van der Waals surface area contributed by atoms with Gasteiger partial charge in [0.15, 0.2) is 5.82 Å². The van der Waals surface area contributed by atoms with E-state index in [1.54, 1.807) is 7.11 Å². The molecule has 0 aliphatic heterocycles. The van der Waals surface area contributed by atoms with E-state index < -0.39 is 0 Å². The summed E-state index contributed by atoms with van der Waals surface area (Å²) in [5.41, 5.74) is 2.06. The molecule has 0 aliphatic rings. The van der Waals surface area contributed by atoms with Crippen molar-refractivity contribution < 1.29 is 4.74 Å². The van der Waals surface area contributed by atoms with Crippen LogP contribution in [0.15, 0.2) is 24.4 Å². The quantitative estimate of drug-likeness (QED) is 0.839. The first-order chi connectivity index (χ1) is 9.15. The van der Waals surface area contributed by atoms with E-state index in [1.807, 2.05) is 38.2 Å². The van der Waals surface area contributed by atoms with Crippen LogP contribution in [0.2, 0.25) is 0 Å². The minimum atomic E-state index is 0.674. The molecule has 0 aliphatic carbocycles. The number of aryl methyl sites for hydroxylation is 1. The van der Waals surface area contributed by atoms with Gasteiger partial charge in [-0.3, -0.25) is 0 Å². The fraction of sp³-hybridized carbons (Fsp3) is 0.286. The lowest BCUT2D eigenvalue weighted by Gasteiger charge is -2.10. The van der Waals surface area contributed by atoms with Crippen LogP contribution in [0.25, 0.3) is 11.4 Å². The highest BCUT2D eigenvalue weighted by molar-refractivity contribution is 14.1. The van der Waals surface area contributed by atoms with Crippen molar-refractivity contribution >= 4 is 28.4 Å². The molecule has 0 atom stereocenters. The van der Waals surface area contributed by atoms with Crippen LogP contribution in [0.3, 0.4) is 0 Å². The lowest BCUT2D eigenvalue weighted by Crippen LogP contribution is -2.04. The first-order valence-electron chi connectivity index (χ1n) is 6.07. The van der Waals surface area contributed by atoms with Crippen molar-refractivity contribution in [3.63, 3.8) is 0 Å². The molecule has 2 aromatic rings. The first-order valence-corrected chi connectivity index (χ1v) is 7.15. The standard InChI is InChI=1S/C14H16IN3O/c1-4-16-14-11(15)8-17-13(18-14)10-6-5-9(2)7-12(10)19-3/h5-8H,4H2,1-3H3,(H,16,17,18). The lowest BCUT2D eigenvalue weighted by molar-refractivity contribution is 0.416. The second kappa shape index (κ2) is 6.18. The third-order valence-corrected chi connectivity index (χ3v) is 3.48. The molecule has 1 aromatic carbocycles. The number of hydrogen-bond acceptors (Lipinski definition) is 4. The summed E-state index contributed by atoms with van der Waals surface area (Å²) in [6, 6.07) is 6.02. The number of benzene rings is 1. The predicted molar refractivity (Wildman–Crippen MR) is 85.6 cm³/mol. The topological polar surface area (TPSA) is 47.0 Å². The van der Waals surface area contributed by atoms with Crippen LogP contribution < -0.4 is 10.1 Å². The Labute approximate surface area is 126 Å². The molecular weight excluding hydrogens is 353 g/mol. The fourth-order valence-corrected chi connectivity index (χ4v) is 2.22. The second-order valence-electron chi connectivity index (χ2n) is 4.12. The molecule has 1 aromatic heterocycles. The van der Waals surface area contributed by atoms with Gasteiger partial charge in [-0.25, -0.2) is 9.97 Å². The van der Waals surface area contributed by atoms with E-state index in [0.29, 0.717) is 5.82 Å². The number of nitrogens with zero attached hydrogens (tertiary/aromatic N) is 2. The molecule has 0 unspecified atom stereocenters. The van der Waals surface area contributed by atoms with Gasteiger partial charge in [0.25, 0.3) is 0 Å². The summed E-state index contributed by atoms with van der Waals surface area (Å²) >= 11 is 2.22. The van der Waals surface area contributed by atoms with Crippen LogP contribution in [-0.4, -0.2) is 23.6 Å². The molecule has 19 heavy (non-hydrogen) atoms. The molecule has 0 spiro atoms. The predicted octanol–water partition coefficient (Wildman–Crippen LogP) is 3.50. The summed E-state index contributed by atoms with van der Waals surface area (Å²) in [6.45, 7) is 4.91. The van der Waals surface area contributed by atoms with E-state index in [4.69, 9.17) is 4.74 Å². The van der Waals surface area contributed by atoms with Gasteiger partial charge in [0.1, 0.15) is 11.6 Å². The Hall–Kier alpha value is -1.37. The van der Waals surface area contributed by atoms with Gasteiger partial charge < -0.3 is 10.1 Å². The number of halogens is 1. The van der Waals surface area contributed by atoms with Crippen molar-refractivity contribution in [2.45, 2.75) is 13.8 Å². The zero-order chi connectivity index (χ0) is 13.8. The normalized spacial score (nSPS) is 10.3. The van der Waals surface area contributed by atoms with Crippen LogP contribution >= 0.6 is 22.6 Å². The third kappa shape index (κ3) is 3.15. The number of nitrogens with one attached hydrogen (secondary N) is 1. The smallest absolute Gasteiger partial charge is 0.165 e. The Kier molecular flexibility index (Phi) is 4.57. The van der Waals surface area contributed by atoms with E-state index in [9.17, 15) is 0 Å².